The van der Waals surface area contributed by atoms with Gasteiger partial charge in [-0.15, -0.1) is 0 Å². The molecule has 0 aliphatic heterocycles. The topological polar surface area (TPSA) is 26.0 Å². The van der Waals surface area contributed by atoms with Gasteiger partial charge in [0, 0.05) is 16.4 Å². The highest BCUT2D eigenvalue weighted by atomic mass is 79.9. The fraction of sp³-hybridized carbons (Fsp3) is 0.455. The predicted molar refractivity (Wildman–Crippen MR) is 61.0 cm³/mol. The maximum absolute atomic E-state index is 5.71. The molecule has 1 rings (SSSR count). The molecule has 0 saturated heterocycles. The molecule has 0 fully saturated rings. The molecular weight excluding hydrogens is 226 g/mol. The highest BCUT2D eigenvalue weighted by molar-refractivity contribution is 9.10. The van der Waals surface area contributed by atoms with Crippen molar-refractivity contribution >= 4 is 15.9 Å². The summed E-state index contributed by atoms with van der Waals surface area (Å²) in [6, 6.07) is 6.41. The van der Waals surface area contributed by atoms with E-state index in [2.05, 4.69) is 54.9 Å². The summed E-state index contributed by atoms with van der Waals surface area (Å²) in [6.45, 7) is 7.10. The standard InChI is InChI=1S/C11H16BrN/c1-8-6-9(4-5-10(8)12)11(2,3)7-13/h4-6H,7,13H2,1-3H3. The maximum atomic E-state index is 5.71. The van der Waals surface area contributed by atoms with Crippen LogP contribution in [0.4, 0.5) is 0 Å². The highest BCUT2D eigenvalue weighted by Gasteiger charge is 2.18. The molecule has 0 heterocycles. The zero-order valence-electron chi connectivity index (χ0n) is 8.39. The van der Waals surface area contributed by atoms with Crippen LogP contribution in [-0.2, 0) is 5.41 Å². The van der Waals surface area contributed by atoms with Crippen molar-refractivity contribution in [3.8, 4) is 0 Å². The number of hydrogen-bond donors (Lipinski definition) is 1. The Labute approximate surface area is 88.5 Å². The Balaban J connectivity index is 3.10. The van der Waals surface area contributed by atoms with Crippen LogP contribution in [0, 0.1) is 6.92 Å². The molecule has 0 spiro atoms. The number of benzene rings is 1. The van der Waals surface area contributed by atoms with E-state index in [9.17, 15) is 0 Å². The Bertz CT molecular complexity index is 305. The van der Waals surface area contributed by atoms with Gasteiger partial charge in [0.15, 0.2) is 0 Å². The largest absolute Gasteiger partial charge is 0.330 e. The van der Waals surface area contributed by atoms with E-state index in [4.69, 9.17) is 5.73 Å². The van der Waals surface area contributed by atoms with Gasteiger partial charge in [-0.25, -0.2) is 0 Å². The van der Waals surface area contributed by atoms with Gasteiger partial charge >= 0.3 is 0 Å². The van der Waals surface area contributed by atoms with Crippen molar-refractivity contribution in [1.82, 2.24) is 0 Å². The number of nitrogens with two attached hydrogens (primary N) is 1. The van der Waals surface area contributed by atoms with E-state index in [1.165, 1.54) is 11.1 Å². The van der Waals surface area contributed by atoms with Gasteiger partial charge in [-0.3, -0.25) is 0 Å². The molecule has 0 amide bonds. The van der Waals surface area contributed by atoms with E-state index in [0.717, 1.165) is 4.47 Å². The SMILES string of the molecule is Cc1cc(C(C)(C)CN)ccc1Br. The maximum Gasteiger partial charge on any atom is 0.0204 e. The van der Waals surface area contributed by atoms with E-state index < -0.39 is 0 Å². The first-order chi connectivity index (χ1) is 5.97. The summed E-state index contributed by atoms with van der Waals surface area (Å²) in [7, 11) is 0. The lowest BCUT2D eigenvalue weighted by atomic mass is 9.84. The van der Waals surface area contributed by atoms with Crippen molar-refractivity contribution in [2.24, 2.45) is 5.73 Å². The second-order valence-corrected chi connectivity index (χ2v) is 4.91. The van der Waals surface area contributed by atoms with Crippen molar-refractivity contribution < 1.29 is 0 Å². The molecule has 0 bridgehead atoms. The monoisotopic (exact) mass is 241 g/mol. The van der Waals surface area contributed by atoms with E-state index in [1.54, 1.807) is 0 Å². The number of hydrogen-bond acceptors (Lipinski definition) is 1. The molecule has 72 valence electrons. The number of rotatable bonds is 2. The summed E-state index contributed by atoms with van der Waals surface area (Å²) in [5, 5.41) is 0. The molecule has 2 N–H and O–H groups in total. The van der Waals surface area contributed by atoms with E-state index in [0.29, 0.717) is 6.54 Å². The van der Waals surface area contributed by atoms with Gasteiger partial charge in [0.25, 0.3) is 0 Å². The molecule has 1 nitrogen and oxygen atoms in total. The van der Waals surface area contributed by atoms with E-state index in [-0.39, 0.29) is 5.41 Å². The Hall–Kier alpha value is -0.340. The molecule has 0 atom stereocenters. The first-order valence-corrected chi connectivity index (χ1v) is 5.23. The Morgan fingerprint density at radius 2 is 2.00 bits per heavy atom. The average molecular weight is 242 g/mol. The fourth-order valence-electron chi connectivity index (χ4n) is 1.18. The van der Waals surface area contributed by atoms with Crippen LogP contribution in [0.3, 0.4) is 0 Å². The smallest absolute Gasteiger partial charge is 0.0204 e. The molecule has 2 heteroatoms. The first kappa shape index (κ1) is 10.7. The second-order valence-electron chi connectivity index (χ2n) is 4.05. The number of halogens is 1. The summed E-state index contributed by atoms with van der Waals surface area (Å²) in [5.74, 6) is 0. The second kappa shape index (κ2) is 3.81. The average Bonchev–Trinajstić information content (AvgIpc) is 2.09. The van der Waals surface area contributed by atoms with Crippen LogP contribution in [-0.4, -0.2) is 6.54 Å². The third kappa shape index (κ3) is 2.32. The van der Waals surface area contributed by atoms with Crippen LogP contribution in [0.1, 0.15) is 25.0 Å². The molecular formula is C11H16BrN. The minimum Gasteiger partial charge on any atom is -0.330 e. The molecule has 1 aromatic carbocycles. The third-order valence-corrected chi connectivity index (χ3v) is 3.34. The Morgan fingerprint density at radius 1 is 1.38 bits per heavy atom. The van der Waals surface area contributed by atoms with Gasteiger partial charge in [0.1, 0.15) is 0 Å². The lowest BCUT2D eigenvalue weighted by Crippen LogP contribution is -2.28. The zero-order valence-corrected chi connectivity index (χ0v) is 9.98. The molecule has 0 saturated carbocycles. The van der Waals surface area contributed by atoms with Gasteiger partial charge in [-0.2, -0.15) is 0 Å². The minimum atomic E-state index is 0.0749. The van der Waals surface area contributed by atoms with Crippen molar-refractivity contribution in [3.05, 3.63) is 33.8 Å². The predicted octanol–water partition coefficient (Wildman–Crippen LogP) is 2.99. The lowest BCUT2D eigenvalue weighted by Gasteiger charge is -2.23. The van der Waals surface area contributed by atoms with Gasteiger partial charge < -0.3 is 5.73 Å². The molecule has 0 aromatic heterocycles. The van der Waals surface area contributed by atoms with Crippen molar-refractivity contribution in [1.29, 1.82) is 0 Å². The number of aryl methyl sites for hydroxylation is 1. The summed E-state index contributed by atoms with van der Waals surface area (Å²) in [5.41, 5.74) is 8.35. The van der Waals surface area contributed by atoms with Crippen LogP contribution in [0.5, 0.6) is 0 Å². The molecule has 0 aliphatic carbocycles. The van der Waals surface area contributed by atoms with Crippen molar-refractivity contribution in [2.45, 2.75) is 26.2 Å². The zero-order chi connectivity index (χ0) is 10.1. The van der Waals surface area contributed by atoms with Gasteiger partial charge in [-0.1, -0.05) is 41.9 Å². The molecule has 0 radical (unpaired) electrons. The fourth-order valence-corrected chi connectivity index (χ4v) is 1.43. The van der Waals surface area contributed by atoms with Crippen LogP contribution >= 0.6 is 15.9 Å². The van der Waals surface area contributed by atoms with Crippen LogP contribution < -0.4 is 5.73 Å². The molecule has 13 heavy (non-hydrogen) atoms. The van der Waals surface area contributed by atoms with Crippen LogP contribution in [0.2, 0.25) is 0 Å². The van der Waals surface area contributed by atoms with Gasteiger partial charge in [-0.05, 0) is 24.1 Å². The van der Waals surface area contributed by atoms with Crippen LogP contribution in [0.25, 0.3) is 0 Å². The van der Waals surface area contributed by atoms with E-state index >= 15 is 0 Å². The summed E-state index contributed by atoms with van der Waals surface area (Å²) < 4.78 is 1.16. The third-order valence-electron chi connectivity index (χ3n) is 2.45. The first-order valence-electron chi connectivity index (χ1n) is 4.44. The van der Waals surface area contributed by atoms with Crippen molar-refractivity contribution in [2.75, 3.05) is 6.54 Å². The summed E-state index contributed by atoms with van der Waals surface area (Å²) in [4.78, 5) is 0. The quantitative estimate of drug-likeness (QED) is 0.847. The van der Waals surface area contributed by atoms with E-state index in [1.807, 2.05) is 0 Å². The summed E-state index contributed by atoms with van der Waals surface area (Å²) >= 11 is 3.49. The normalized spacial score (nSPS) is 11.8. The Morgan fingerprint density at radius 3 is 2.46 bits per heavy atom. The Kier molecular flexibility index (Phi) is 3.14. The van der Waals surface area contributed by atoms with Crippen LogP contribution in [0.15, 0.2) is 22.7 Å². The molecule has 0 unspecified atom stereocenters. The van der Waals surface area contributed by atoms with Gasteiger partial charge in [0.05, 0.1) is 0 Å². The highest BCUT2D eigenvalue weighted by Crippen LogP contribution is 2.25. The van der Waals surface area contributed by atoms with Crippen molar-refractivity contribution in [3.63, 3.8) is 0 Å². The summed E-state index contributed by atoms with van der Waals surface area (Å²) in [6.07, 6.45) is 0. The molecule has 0 aliphatic rings. The molecule has 1 aromatic rings. The lowest BCUT2D eigenvalue weighted by molar-refractivity contribution is 0.538. The van der Waals surface area contributed by atoms with Gasteiger partial charge in [0.2, 0.25) is 0 Å². The minimum absolute atomic E-state index is 0.0749.